The molecule has 0 bridgehead atoms. The van der Waals surface area contributed by atoms with Crippen LogP contribution in [0.1, 0.15) is 37.0 Å². The number of rotatable bonds is 8. The molecule has 1 amide bonds. The summed E-state index contributed by atoms with van der Waals surface area (Å²) in [5.41, 5.74) is 0.712. The lowest BCUT2D eigenvalue weighted by molar-refractivity contribution is 0.102. The van der Waals surface area contributed by atoms with Crippen molar-refractivity contribution in [1.82, 2.24) is 4.31 Å². The molecule has 0 radical (unpaired) electrons. The number of carbonyl (C=O) groups is 1. The first-order chi connectivity index (χ1) is 12.8. The molecule has 0 aliphatic carbocycles. The Kier molecular flexibility index (Phi) is 7.68. The normalized spacial score (nSPS) is 11.6. The van der Waals surface area contributed by atoms with Crippen LogP contribution in [0.5, 0.6) is 0 Å². The molecule has 2 rings (SSSR count). The molecule has 0 atom stereocenters. The van der Waals surface area contributed by atoms with Crippen LogP contribution in [0.4, 0.5) is 5.69 Å². The highest BCUT2D eigenvalue weighted by molar-refractivity contribution is 7.89. The van der Waals surface area contributed by atoms with E-state index in [4.69, 9.17) is 23.2 Å². The minimum Gasteiger partial charge on any atom is -0.321 e. The summed E-state index contributed by atoms with van der Waals surface area (Å²) < 4.78 is 26.9. The van der Waals surface area contributed by atoms with Crippen LogP contribution in [-0.4, -0.2) is 31.7 Å². The van der Waals surface area contributed by atoms with Crippen molar-refractivity contribution in [2.24, 2.45) is 0 Å². The molecule has 2 aromatic carbocycles. The number of amides is 1. The van der Waals surface area contributed by atoms with Gasteiger partial charge in [0.05, 0.1) is 15.6 Å². The fraction of sp³-hybridized carbons (Fsp3) is 0.316. The Morgan fingerprint density at radius 2 is 1.74 bits per heavy atom. The minimum absolute atomic E-state index is 0.165. The average molecular weight is 429 g/mol. The Bertz CT molecular complexity index is 900. The SMILES string of the molecule is CCCCN(CC)S(=O)(=O)c1ccc(C(=O)Nc2cc(Cl)ccc2Cl)cc1. The van der Waals surface area contributed by atoms with Gasteiger partial charge in [0.25, 0.3) is 5.91 Å². The van der Waals surface area contributed by atoms with E-state index in [2.05, 4.69) is 5.32 Å². The summed E-state index contributed by atoms with van der Waals surface area (Å²) in [6.45, 7) is 4.70. The summed E-state index contributed by atoms with van der Waals surface area (Å²) in [6, 6.07) is 10.6. The van der Waals surface area contributed by atoms with Crippen molar-refractivity contribution >= 4 is 44.8 Å². The first kappa shape index (κ1) is 21.7. The Morgan fingerprint density at radius 1 is 1.07 bits per heavy atom. The molecule has 2 aromatic rings. The van der Waals surface area contributed by atoms with Gasteiger partial charge in [0.1, 0.15) is 0 Å². The molecule has 1 N–H and O–H groups in total. The number of hydrogen-bond donors (Lipinski definition) is 1. The molecule has 146 valence electrons. The second kappa shape index (κ2) is 9.55. The van der Waals surface area contributed by atoms with Gasteiger partial charge in [-0.2, -0.15) is 4.31 Å². The van der Waals surface area contributed by atoms with E-state index >= 15 is 0 Å². The van der Waals surface area contributed by atoms with Crippen LogP contribution < -0.4 is 5.32 Å². The molecule has 0 aromatic heterocycles. The summed E-state index contributed by atoms with van der Waals surface area (Å²) in [7, 11) is -3.57. The molecule has 0 saturated carbocycles. The van der Waals surface area contributed by atoms with E-state index < -0.39 is 15.9 Å². The number of nitrogens with zero attached hydrogens (tertiary/aromatic N) is 1. The summed E-state index contributed by atoms with van der Waals surface area (Å²) in [5, 5.41) is 3.48. The lowest BCUT2D eigenvalue weighted by atomic mass is 10.2. The first-order valence-electron chi connectivity index (χ1n) is 8.66. The highest BCUT2D eigenvalue weighted by Crippen LogP contribution is 2.26. The van der Waals surface area contributed by atoms with Gasteiger partial charge in [-0.05, 0) is 48.9 Å². The van der Waals surface area contributed by atoms with Gasteiger partial charge < -0.3 is 5.32 Å². The third-order valence-corrected chi connectivity index (χ3v) is 6.60. The smallest absolute Gasteiger partial charge is 0.255 e. The van der Waals surface area contributed by atoms with Crippen LogP contribution >= 0.6 is 23.2 Å². The third-order valence-electron chi connectivity index (χ3n) is 4.04. The van der Waals surface area contributed by atoms with Crippen LogP contribution in [0.25, 0.3) is 0 Å². The number of anilines is 1. The molecule has 27 heavy (non-hydrogen) atoms. The Labute approximate surface area is 170 Å². The van der Waals surface area contributed by atoms with Gasteiger partial charge in [0.2, 0.25) is 10.0 Å². The summed E-state index contributed by atoms with van der Waals surface area (Å²) in [4.78, 5) is 12.6. The Balaban J connectivity index is 2.18. The van der Waals surface area contributed by atoms with Gasteiger partial charge in [-0.3, -0.25) is 4.79 Å². The number of hydrogen-bond acceptors (Lipinski definition) is 3. The molecule has 5 nitrogen and oxygen atoms in total. The molecular weight excluding hydrogens is 407 g/mol. The maximum absolute atomic E-state index is 12.7. The second-order valence-corrected chi connectivity index (χ2v) is 8.73. The topological polar surface area (TPSA) is 66.5 Å². The van der Waals surface area contributed by atoms with Crippen LogP contribution in [0.3, 0.4) is 0 Å². The van der Waals surface area contributed by atoms with Crippen molar-refractivity contribution in [3.63, 3.8) is 0 Å². The highest BCUT2D eigenvalue weighted by Gasteiger charge is 2.22. The van der Waals surface area contributed by atoms with Crippen molar-refractivity contribution in [3.8, 4) is 0 Å². The van der Waals surface area contributed by atoms with Gasteiger partial charge in [-0.25, -0.2) is 8.42 Å². The fourth-order valence-electron chi connectivity index (χ4n) is 2.50. The summed E-state index contributed by atoms with van der Waals surface area (Å²) >= 11 is 12.0. The lowest BCUT2D eigenvalue weighted by Crippen LogP contribution is -2.31. The van der Waals surface area contributed by atoms with Crippen molar-refractivity contribution in [2.75, 3.05) is 18.4 Å². The van der Waals surface area contributed by atoms with Crippen molar-refractivity contribution in [2.45, 2.75) is 31.6 Å². The quantitative estimate of drug-likeness (QED) is 0.638. The standard InChI is InChI=1S/C19H22Cl2N2O3S/c1-3-5-12-23(4-2)27(25,26)16-9-6-14(7-10-16)19(24)22-18-13-15(20)8-11-17(18)21/h6-11,13H,3-5,12H2,1-2H3,(H,22,24). The molecule has 0 aliphatic heterocycles. The van der Waals surface area contributed by atoms with Crippen LogP contribution in [0.15, 0.2) is 47.4 Å². The molecule has 8 heteroatoms. The minimum atomic E-state index is -3.57. The zero-order valence-electron chi connectivity index (χ0n) is 15.2. The summed E-state index contributed by atoms with van der Waals surface area (Å²) in [5.74, 6) is -0.401. The lowest BCUT2D eigenvalue weighted by Gasteiger charge is -2.20. The fourth-order valence-corrected chi connectivity index (χ4v) is 4.32. The molecule has 0 aliphatic rings. The second-order valence-electron chi connectivity index (χ2n) is 5.95. The van der Waals surface area contributed by atoms with Gasteiger partial charge in [-0.1, -0.05) is 43.5 Å². The molecule has 0 heterocycles. The van der Waals surface area contributed by atoms with E-state index in [1.165, 1.54) is 28.6 Å². The van der Waals surface area contributed by atoms with Crippen LogP contribution in [0.2, 0.25) is 10.0 Å². The number of nitrogens with one attached hydrogen (secondary N) is 1. The van der Waals surface area contributed by atoms with Crippen molar-refractivity contribution in [3.05, 3.63) is 58.1 Å². The third kappa shape index (κ3) is 5.45. The average Bonchev–Trinajstić information content (AvgIpc) is 2.65. The maximum atomic E-state index is 12.7. The van der Waals surface area contributed by atoms with E-state index in [9.17, 15) is 13.2 Å². The summed E-state index contributed by atoms with van der Waals surface area (Å²) in [6.07, 6.45) is 1.71. The predicted molar refractivity (Wildman–Crippen MR) is 110 cm³/mol. The van der Waals surface area contributed by atoms with Crippen LogP contribution in [0, 0.1) is 0 Å². The zero-order valence-corrected chi connectivity index (χ0v) is 17.5. The van der Waals surface area contributed by atoms with E-state index in [0.717, 1.165) is 12.8 Å². The number of halogens is 2. The molecule has 0 fully saturated rings. The van der Waals surface area contributed by atoms with Crippen molar-refractivity contribution < 1.29 is 13.2 Å². The van der Waals surface area contributed by atoms with Crippen molar-refractivity contribution in [1.29, 1.82) is 0 Å². The number of benzene rings is 2. The van der Waals surface area contributed by atoms with Gasteiger partial charge in [0, 0.05) is 23.7 Å². The van der Waals surface area contributed by atoms with E-state index in [0.29, 0.717) is 34.4 Å². The highest BCUT2D eigenvalue weighted by atomic mass is 35.5. The van der Waals surface area contributed by atoms with E-state index in [-0.39, 0.29) is 4.90 Å². The molecule has 0 saturated heterocycles. The first-order valence-corrected chi connectivity index (χ1v) is 10.9. The predicted octanol–water partition coefficient (Wildman–Crippen LogP) is 5.06. The number of sulfonamides is 1. The number of carbonyl (C=O) groups excluding carboxylic acids is 1. The maximum Gasteiger partial charge on any atom is 0.255 e. The largest absolute Gasteiger partial charge is 0.321 e. The van der Waals surface area contributed by atoms with Crippen LogP contribution in [-0.2, 0) is 10.0 Å². The van der Waals surface area contributed by atoms with Gasteiger partial charge in [-0.15, -0.1) is 0 Å². The zero-order chi connectivity index (χ0) is 20.0. The molecular formula is C19H22Cl2N2O3S. The van der Waals surface area contributed by atoms with Gasteiger partial charge in [0.15, 0.2) is 0 Å². The van der Waals surface area contributed by atoms with E-state index in [1.807, 2.05) is 13.8 Å². The number of unbranched alkanes of at least 4 members (excludes halogenated alkanes) is 1. The Morgan fingerprint density at radius 3 is 2.33 bits per heavy atom. The molecule has 0 unspecified atom stereocenters. The Hall–Kier alpha value is -1.60. The molecule has 0 spiro atoms. The van der Waals surface area contributed by atoms with Gasteiger partial charge >= 0.3 is 0 Å². The monoisotopic (exact) mass is 428 g/mol. The van der Waals surface area contributed by atoms with E-state index in [1.54, 1.807) is 18.2 Å².